The van der Waals surface area contributed by atoms with Crippen LogP contribution in [0.5, 0.6) is 0 Å². The summed E-state index contributed by atoms with van der Waals surface area (Å²) in [7, 11) is 0. The average Bonchev–Trinajstić information content (AvgIpc) is 3.20. The Bertz CT molecular complexity index is 1150. The number of aryl methyl sites for hydroxylation is 1. The Morgan fingerprint density at radius 1 is 1.13 bits per heavy atom. The minimum atomic E-state index is 0.00794. The monoisotopic (exact) mass is 453 g/mol. The van der Waals surface area contributed by atoms with Crippen LogP contribution < -0.4 is 4.90 Å². The molecule has 152 valence electrons. The Balaban J connectivity index is 1.60. The summed E-state index contributed by atoms with van der Waals surface area (Å²) in [5, 5.41) is 1.40. The number of amides is 1. The number of anilines is 1. The van der Waals surface area contributed by atoms with E-state index < -0.39 is 0 Å². The lowest BCUT2D eigenvalue weighted by Crippen LogP contribution is -2.31. The molecule has 1 amide bonds. The summed E-state index contributed by atoms with van der Waals surface area (Å²) in [6.07, 6.45) is 4.49. The Hall–Kier alpha value is -2.41. The number of carbonyl (C=O) groups excluding carboxylic acids is 1. The fraction of sp³-hybridized carbons (Fsp3) is 0.174. The minimum Gasteiger partial charge on any atom is -0.283 e. The molecule has 7 heteroatoms. The quantitative estimate of drug-likeness (QED) is 0.311. The lowest BCUT2D eigenvalue weighted by atomic mass is 10.2. The van der Waals surface area contributed by atoms with Gasteiger partial charge in [0.2, 0.25) is 5.91 Å². The smallest absolute Gasteiger partial charge is 0.239 e. The zero-order valence-electron chi connectivity index (χ0n) is 16.4. The van der Waals surface area contributed by atoms with Crippen LogP contribution in [0.4, 0.5) is 5.13 Å². The predicted molar refractivity (Wildman–Crippen MR) is 127 cm³/mol. The highest BCUT2D eigenvalue weighted by Crippen LogP contribution is 2.31. The van der Waals surface area contributed by atoms with Crippen molar-refractivity contribution in [3.63, 3.8) is 0 Å². The molecule has 0 aliphatic heterocycles. The normalized spacial score (nSPS) is 11.0. The van der Waals surface area contributed by atoms with Gasteiger partial charge < -0.3 is 0 Å². The average molecular weight is 454 g/mol. The number of thioether (sulfide) groups is 1. The summed E-state index contributed by atoms with van der Waals surface area (Å²) in [6.45, 7) is 2.57. The second-order valence-corrected chi connectivity index (χ2v) is 9.23. The van der Waals surface area contributed by atoms with Gasteiger partial charge in [0.25, 0.3) is 0 Å². The second-order valence-electron chi connectivity index (χ2n) is 6.74. The van der Waals surface area contributed by atoms with Gasteiger partial charge in [0.15, 0.2) is 5.13 Å². The van der Waals surface area contributed by atoms with Crippen molar-refractivity contribution >= 4 is 56.0 Å². The third-order valence-corrected chi connectivity index (χ3v) is 6.91. The molecule has 2 heterocycles. The van der Waals surface area contributed by atoms with Crippen molar-refractivity contribution in [1.82, 2.24) is 9.97 Å². The number of fused-ring (bicyclic) bond motifs is 1. The Labute approximate surface area is 188 Å². The number of benzene rings is 2. The third kappa shape index (κ3) is 5.01. The fourth-order valence-corrected chi connectivity index (χ4v) is 4.93. The number of rotatable bonds is 7. The number of hydrogen-bond acceptors (Lipinski definition) is 5. The summed E-state index contributed by atoms with van der Waals surface area (Å²) in [6, 6.07) is 17.7. The maximum Gasteiger partial charge on any atom is 0.239 e. The Kier molecular flexibility index (Phi) is 6.67. The topological polar surface area (TPSA) is 46.1 Å². The van der Waals surface area contributed by atoms with Crippen LogP contribution in [0.2, 0.25) is 5.02 Å². The van der Waals surface area contributed by atoms with E-state index in [0.717, 1.165) is 27.1 Å². The van der Waals surface area contributed by atoms with Crippen molar-refractivity contribution in [3.05, 3.63) is 83.1 Å². The number of hydrogen-bond donors (Lipinski definition) is 0. The summed E-state index contributed by atoms with van der Waals surface area (Å²) < 4.78 is 1.10. The standard InChI is InChI=1S/C23H20ClN3OS2/c1-2-16-5-10-20-21(12-16)30-23(26-20)27(14-17-4-3-11-25-13-17)22(28)15-29-19-8-6-18(24)7-9-19/h3-13H,2,14-15H2,1H3. The fourth-order valence-electron chi connectivity index (χ4n) is 2.98. The number of halogens is 1. The van der Waals surface area contributed by atoms with E-state index >= 15 is 0 Å². The predicted octanol–water partition coefficient (Wildman–Crippen LogP) is 6.23. The van der Waals surface area contributed by atoms with Crippen LogP contribution in [0, 0.1) is 0 Å². The molecule has 2 aromatic heterocycles. The largest absolute Gasteiger partial charge is 0.283 e. The minimum absolute atomic E-state index is 0.00794. The zero-order valence-corrected chi connectivity index (χ0v) is 18.8. The first-order valence-corrected chi connectivity index (χ1v) is 11.8. The SMILES string of the molecule is CCc1ccc2nc(N(Cc3cccnc3)C(=O)CSc3ccc(Cl)cc3)sc2c1. The molecule has 4 aromatic rings. The molecule has 0 spiro atoms. The van der Waals surface area contributed by atoms with E-state index in [4.69, 9.17) is 16.6 Å². The first-order chi connectivity index (χ1) is 14.6. The summed E-state index contributed by atoms with van der Waals surface area (Å²) in [5.74, 6) is 0.325. The van der Waals surface area contributed by atoms with Gasteiger partial charge in [-0.05, 0) is 60.0 Å². The summed E-state index contributed by atoms with van der Waals surface area (Å²) in [5.41, 5.74) is 3.15. The van der Waals surface area contributed by atoms with Gasteiger partial charge in [0.05, 0.1) is 22.5 Å². The molecule has 0 atom stereocenters. The molecular formula is C23H20ClN3OS2. The van der Waals surface area contributed by atoms with E-state index in [0.29, 0.717) is 22.5 Å². The number of aromatic nitrogens is 2. The molecule has 0 aliphatic rings. The molecule has 2 aromatic carbocycles. The molecule has 0 radical (unpaired) electrons. The van der Waals surface area contributed by atoms with Gasteiger partial charge in [-0.25, -0.2) is 4.98 Å². The molecule has 0 N–H and O–H groups in total. The molecular weight excluding hydrogens is 434 g/mol. The van der Waals surface area contributed by atoms with Gasteiger partial charge in [0, 0.05) is 22.3 Å². The van der Waals surface area contributed by atoms with E-state index in [9.17, 15) is 4.79 Å². The molecule has 4 nitrogen and oxygen atoms in total. The van der Waals surface area contributed by atoms with E-state index in [-0.39, 0.29) is 5.91 Å². The van der Waals surface area contributed by atoms with Crippen LogP contribution in [0.1, 0.15) is 18.1 Å². The van der Waals surface area contributed by atoms with Crippen molar-refractivity contribution in [3.8, 4) is 0 Å². The zero-order chi connectivity index (χ0) is 20.9. The van der Waals surface area contributed by atoms with Crippen LogP contribution in [0.25, 0.3) is 10.2 Å². The van der Waals surface area contributed by atoms with Gasteiger partial charge in [0.1, 0.15) is 0 Å². The Morgan fingerprint density at radius 3 is 2.70 bits per heavy atom. The molecule has 4 rings (SSSR count). The van der Waals surface area contributed by atoms with Crippen molar-refractivity contribution < 1.29 is 4.79 Å². The Morgan fingerprint density at radius 2 is 1.97 bits per heavy atom. The lowest BCUT2D eigenvalue weighted by molar-refractivity contribution is -0.116. The van der Waals surface area contributed by atoms with Gasteiger partial charge >= 0.3 is 0 Å². The summed E-state index contributed by atoms with van der Waals surface area (Å²) >= 11 is 9.01. The number of nitrogens with zero attached hydrogens (tertiary/aromatic N) is 3. The van der Waals surface area contributed by atoms with Crippen LogP contribution in [-0.2, 0) is 17.8 Å². The molecule has 0 aliphatic carbocycles. The first kappa shape index (κ1) is 20.8. The second kappa shape index (κ2) is 9.60. The van der Waals surface area contributed by atoms with E-state index in [1.54, 1.807) is 28.6 Å². The first-order valence-electron chi connectivity index (χ1n) is 9.59. The molecule has 0 unspecified atom stereocenters. The highest BCUT2D eigenvalue weighted by Gasteiger charge is 2.20. The molecule has 0 saturated heterocycles. The molecule has 0 saturated carbocycles. The van der Waals surface area contributed by atoms with Crippen molar-refractivity contribution in [1.29, 1.82) is 0 Å². The van der Waals surface area contributed by atoms with Gasteiger partial charge in [-0.3, -0.25) is 14.7 Å². The van der Waals surface area contributed by atoms with E-state index in [1.807, 2.05) is 42.5 Å². The highest BCUT2D eigenvalue weighted by molar-refractivity contribution is 8.00. The van der Waals surface area contributed by atoms with Crippen LogP contribution >= 0.6 is 34.7 Å². The molecule has 30 heavy (non-hydrogen) atoms. The third-order valence-electron chi connectivity index (χ3n) is 4.62. The van der Waals surface area contributed by atoms with Crippen LogP contribution in [-0.4, -0.2) is 21.6 Å². The van der Waals surface area contributed by atoms with Crippen LogP contribution in [0.3, 0.4) is 0 Å². The van der Waals surface area contributed by atoms with Gasteiger partial charge in [-0.1, -0.05) is 42.0 Å². The summed E-state index contributed by atoms with van der Waals surface area (Å²) in [4.78, 5) is 24.9. The van der Waals surface area contributed by atoms with Gasteiger partial charge in [-0.2, -0.15) is 0 Å². The van der Waals surface area contributed by atoms with Crippen molar-refractivity contribution in [2.45, 2.75) is 24.8 Å². The molecule has 0 fully saturated rings. The maximum absolute atomic E-state index is 13.2. The molecule has 0 bridgehead atoms. The lowest BCUT2D eigenvalue weighted by Gasteiger charge is -2.19. The number of thiazole rings is 1. The number of pyridine rings is 1. The number of carbonyl (C=O) groups is 1. The van der Waals surface area contributed by atoms with E-state index in [1.165, 1.54) is 17.3 Å². The van der Waals surface area contributed by atoms with Crippen LogP contribution in [0.15, 0.2) is 71.9 Å². The highest BCUT2D eigenvalue weighted by atomic mass is 35.5. The van der Waals surface area contributed by atoms with Crippen molar-refractivity contribution in [2.24, 2.45) is 0 Å². The maximum atomic E-state index is 13.2. The van der Waals surface area contributed by atoms with Gasteiger partial charge in [-0.15, -0.1) is 11.8 Å². The van der Waals surface area contributed by atoms with Crippen molar-refractivity contribution in [2.75, 3.05) is 10.7 Å². The van der Waals surface area contributed by atoms with E-state index in [2.05, 4.69) is 24.0 Å².